The first-order valence-electron chi connectivity index (χ1n) is 7.67. The summed E-state index contributed by atoms with van der Waals surface area (Å²) in [6.45, 7) is 12.3. The fourth-order valence-corrected chi connectivity index (χ4v) is 2.57. The predicted octanol–water partition coefficient (Wildman–Crippen LogP) is 2.25. The van der Waals surface area contributed by atoms with Crippen molar-refractivity contribution in [3.05, 3.63) is 0 Å². The van der Waals surface area contributed by atoms with Gasteiger partial charge in [0.05, 0.1) is 12.1 Å². The molecule has 0 saturated heterocycles. The minimum absolute atomic E-state index is 0.136. The standard InChI is InChI=1S/C15H32N2O/c1-5-13(6-2)10-17(7-3)11-15(4,12-18)16-14-8-9-14/h13-14,16,18H,5-12H2,1-4H3. The van der Waals surface area contributed by atoms with Crippen LogP contribution < -0.4 is 5.32 Å². The summed E-state index contributed by atoms with van der Waals surface area (Å²) in [6, 6.07) is 0.647. The van der Waals surface area contributed by atoms with Crippen molar-refractivity contribution in [2.75, 3.05) is 26.2 Å². The number of likely N-dealkylation sites (N-methyl/N-ethyl adjacent to an activating group) is 1. The Kier molecular flexibility index (Phi) is 6.61. The Morgan fingerprint density at radius 3 is 2.28 bits per heavy atom. The van der Waals surface area contributed by atoms with Crippen molar-refractivity contribution < 1.29 is 5.11 Å². The van der Waals surface area contributed by atoms with Gasteiger partial charge in [0.25, 0.3) is 0 Å². The minimum Gasteiger partial charge on any atom is -0.394 e. The lowest BCUT2D eigenvalue weighted by Gasteiger charge is -2.36. The molecule has 1 fully saturated rings. The summed E-state index contributed by atoms with van der Waals surface area (Å²) in [6.07, 6.45) is 5.04. The number of hydrogen-bond acceptors (Lipinski definition) is 3. The van der Waals surface area contributed by atoms with Crippen LogP contribution in [0.15, 0.2) is 0 Å². The molecule has 0 aliphatic heterocycles. The maximum atomic E-state index is 9.67. The van der Waals surface area contributed by atoms with Gasteiger partial charge in [-0.3, -0.25) is 0 Å². The zero-order valence-corrected chi connectivity index (χ0v) is 12.7. The second kappa shape index (κ2) is 7.46. The predicted molar refractivity (Wildman–Crippen MR) is 77.8 cm³/mol. The zero-order chi connectivity index (χ0) is 13.6. The van der Waals surface area contributed by atoms with Gasteiger partial charge < -0.3 is 15.3 Å². The fourth-order valence-electron chi connectivity index (χ4n) is 2.57. The third-order valence-corrected chi connectivity index (χ3v) is 4.17. The molecule has 0 heterocycles. The summed E-state index contributed by atoms with van der Waals surface area (Å²) in [7, 11) is 0. The Hall–Kier alpha value is -0.120. The maximum Gasteiger partial charge on any atom is 0.0623 e. The first-order valence-corrected chi connectivity index (χ1v) is 7.67. The smallest absolute Gasteiger partial charge is 0.0623 e. The van der Waals surface area contributed by atoms with Crippen LogP contribution in [0.5, 0.6) is 0 Å². The number of aliphatic hydroxyl groups excluding tert-OH is 1. The molecular weight excluding hydrogens is 224 g/mol. The van der Waals surface area contributed by atoms with Crippen molar-refractivity contribution in [1.82, 2.24) is 10.2 Å². The molecule has 0 aromatic heterocycles. The Bertz CT molecular complexity index is 227. The highest BCUT2D eigenvalue weighted by molar-refractivity contribution is 4.94. The van der Waals surface area contributed by atoms with Gasteiger partial charge in [0, 0.05) is 19.1 Å². The normalized spacial score (nSPS) is 19.5. The summed E-state index contributed by atoms with van der Waals surface area (Å²) in [5.74, 6) is 0.786. The topological polar surface area (TPSA) is 35.5 Å². The van der Waals surface area contributed by atoms with Crippen molar-refractivity contribution in [3.63, 3.8) is 0 Å². The second-order valence-corrected chi connectivity index (χ2v) is 6.15. The van der Waals surface area contributed by atoms with Gasteiger partial charge in [-0.25, -0.2) is 0 Å². The Balaban J connectivity index is 2.47. The van der Waals surface area contributed by atoms with E-state index in [1.54, 1.807) is 0 Å². The molecule has 0 bridgehead atoms. The van der Waals surface area contributed by atoms with E-state index < -0.39 is 0 Å². The first kappa shape index (κ1) is 15.9. The molecule has 0 amide bonds. The van der Waals surface area contributed by atoms with Gasteiger partial charge >= 0.3 is 0 Å². The molecule has 0 aromatic carbocycles. The van der Waals surface area contributed by atoms with Gasteiger partial charge in [0.15, 0.2) is 0 Å². The van der Waals surface area contributed by atoms with E-state index in [1.165, 1.54) is 25.7 Å². The van der Waals surface area contributed by atoms with E-state index in [4.69, 9.17) is 0 Å². The molecule has 108 valence electrons. The number of rotatable bonds is 10. The lowest BCUT2D eigenvalue weighted by atomic mass is 9.99. The molecule has 1 saturated carbocycles. The van der Waals surface area contributed by atoms with Gasteiger partial charge in [0.2, 0.25) is 0 Å². The summed E-state index contributed by atoms with van der Waals surface area (Å²) in [5.41, 5.74) is -0.136. The minimum atomic E-state index is -0.136. The number of nitrogens with one attached hydrogen (secondary N) is 1. The lowest BCUT2D eigenvalue weighted by molar-refractivity contribution is 0.110. The van der Waals surface area contributed by atoms with Crippen LogP contribution in [0.3, 0.4) is 0 Å². The number of aliphatic hydroxyl groups is 1. The van der Waals surface area contributed by atoms with Crippen LogP contribution >= 0.6 is 0 Å². The van der Waals surface area contributed by atoms with Crippen LogP contribution in [-0.2, 0) is 0 Å². The fraction of sp³-hybridized carbons (Fsp3) is 1.00. The highest BCUT2D eigenvalue weighted by Crippen LogP contribution is 2.23. The number of nitrogens with zero attached hydrogens (tertiary/aromatic N) is 1. The van der Waals surface area contributed by atoms with E-state index in [-0.39, 0.29) is 12.1 Å². The monoisotopic (exact) mass is 256 g/mol. The quantitative estimate of drug-likeness (QED) is 0.629. The summed E-state index contributed by atoms with van der Waals surface area (Å²) in [4.78, 5) is 2.49. The SMILES string of the molecule is CCC(CC)CN(CC)CC(C)(CO)NC1CC1. The van der Waals surface area contributed by atoms with Gasteiger partial charge in [0.1, 0.15) is 0 Å². The Labute approximate surface area is 113 Å². The highest BCUT2D eigenvalue weighted by atomic mass is 16.3. The molecule has 18 heavy (non-hydrogen) atoms. The van der Waals surface area contributed by atoms with E-state index in [9.17, 15) is 5.11 Å². The van der Waals surface area contributed by atoms with Crippen LogP contribution in [0.4, 0.5) is 0 Å². The van der Waals surface area contributed by atoms with Crippen LogP contribution in [-0.4, -0.2) is 47.8 Å². The average Bonchev–Trinajstić information content (AvgIpc) is 3.18. The Morgan fingerprint density at radius 1 is 1.28 bits per heavy atom. The molecule has 3 nitrogen and oxygen atoms in total. The molecule has 1 aliphatic rings. The van der Waals surface area contributed by atoms with E-state index in [1.807, 2.05) is 0 Å². The third kappa shape index (κ3) is 5.25. The van der Waals surface area contributed by atoms with Crippen molar-refractivity contribution in [2.45, 2.75) is 65.0 Å². The Morgan fingerprint density at radius 2 is 1.89 bits per heavy atom. The molecule has 0 aromatic rings. The van der Waals surface area contributed by atoms with Gasteiger partial charge in [-0.2, -0.15) is 0 Å². The van der Waals surface area contributed by atoms with Crippen molar-refractivity contribution in [3.8, 4) is 0 Å². The molecule has 1 atom stereocenters. The molecule has 2 N–H and O–H groups in total. The highest BCUT2D eigenvalue weighted by Gasteiger charge is 2.33. The largest absolute Gasteiger partial charge is 0.394 e. The molecule has 1 unspecified atom stereocenters. The van der Waals surface area contributed by atoms with E-state index in [2.05, 4.69) is 37.9 Å². The van der Waals surface area contributed by atoms with Crippen molar-refractivity contribution in [2.24, 2.45) is 5.92 Å². The average molecular weight is 256 g/mol. The molecule has 1 aliphatic carbocycles. The van der Waals surface area contributed by atoms with Crippen LogP contribution in [0.25, 0.3) is 0 Å². The van der Waals surface area contributed by atoms with Gasteiger partial charge in [-0.15, -0.1) is 0 Å². The van der Waals surface area contributed by atoms with Crippen LogP contribution in [0.1, 0.15) is 53.4 Å². The summed E-state index contributed by atoms with van der Waals surface area (Å²) < 4.78 is 0. The van der Waals surface area contributed by atoms with Gasteiger partial charge in [-0.1, -0.05) is 33.6 Å². The number of hydrogen-bond donors (Lipinski definition) is 2. The van der Waals surface area contributed by atoms with E-state index >= 15 is 0 Å². The van der Waals surface area contributed by atoms with Crippen molar-refractivity contribution in [1.29, 1.82) is 0 Å². The summed E-state index contributed by atoms with van der Waals surface area (Å²) >= 11 is 0. The second-order valence-electron chi connectivity index (χ2n) is 6.15. The summed E-state index contributed by atoms with van der Waals surface area (Å²) in [5, 5.41) is 13.3. The first-order chi connectivity index (χ1) is 8.56. The van der Waals surface area contributed by atoms with Crippen LogP contribution in [0, 0.1) is 5.92 Å². The molecule has 3 heteroatoms. The maximum absolute atomic E-state index is 9.67. The molecule has 0 radical (unpaired) electrons. The van der Waals surface area contributed by atoms with E-state index in [0.717, 1.165) is 25.6 Å². The third-order valence-electron chi connectivity index (χ3n) is 4.17. The molecular formula is C15H32N2O. The van der Waals surface area contributed by atoms with Gasteiger partial charge in [-0.05, 0) is 32.2 Å². The lowest BCUT2D eigenvalue weighted by Crippen LogP contribution is -2.55. The van der Waals surface area contributed by atoms with Crippen LogP contribution in [0.2, 0.25) is 0 Å². The zero-order valence-electron chi connectivity index (χ0n) is 12.7. The van der Waals surface area contributed by atoms with E-state index in [0.29, 0.717) is 6.04 Å². The molecule has 1 rings (SSSR count). The van der Waals surface area contributed by atoms with Crippen molar-refractivity contribution >= 4 is 0 Å². The molecule has 0 spiro atoms.